The minimum absolute atomic E-state index is 0.0418. The van der Waals surface area contributed by atoms with E-state index in [0.29, 0.717) is 0 Å². The highest BCUT2D eigenvalue weighted by molar-refractivity contribution is 7.45. The number of hydrogen-bond acceptors (Lipinski definition) is 2. The Balaban J connectivity index is 1.27. The number of rotatable bonds is 3. The third-order valence-corrected chi connectivity index (χ3v) is 13.3. The van der Waals surface area contributed by atoms with Gasteiger partial charge in [-0.05, 0) is 99.2 Å². The lowest BCUT2D eigenvalue weighted by molar-refractivity contribution is 1.20. The normalized spacial score (nSPS) is 14.6. The van der Waals surface area contributed by atoms with Crippen LogP contribution in [0.15, 0.2) is 140 Å². The molecule has 0 saturated carbocycles. The molecule has 0 amide bonds. The first-order valence-corrected chi connectivity index (χ1v) is 19.1. The van der Waals surface area contributed by atoms with E-state index in [0.717, 1.165) is 8.20 Å². The topological polar surface area (TPSA) is 16.3 Å². The van der Waals surface area contributed by atoms with Crippen molar-refractivity contribution >= 4 is 122 Å². The second kappa shape index (κ2) is 8.80. The lowest BCUT2D eigenvalue weighted by Crippen LogP contribution is -2.64. The summed E-state index contributed by atoms with van der Waals surface area (Å²) in [5.74, 6) is 0. The highest BCUT2D eigenvalue weighted by Crippen LogP contribution is 2.54. The van der Waals surface area contributed by atoms with E-state index in [1.165, 1.54) is 116 Å². The summed E-state index contributed by atoms with van der Waals surface area (Å²) in [5, 5.41) is 5.23. The minimum atomic E-state index is 0.0418. The summed E-state index contributed by atoms with van der Waals surface area (Å²) in [4.78, 5) is 5.10. The molecular weight excluding hydrogens is 649 g/mol. The van der Waals surface area contributed by atoms with Crippen molar-refractivity contribution in [3.63, 3.8) is 0 Å². The van der Waals surface area contributed by atoms with Gasteiger partial charge in [0.1, 0.15) is 0 Å². The second-order valence-electron chi connectivity index (χ2n) is 14.8. The molecule has 0 aliphatic carbocycles. The van der Waals surface area contributed by atoms with Crippen molar-refractivity contribution in [2.75, 3.05) is 9.80 Å². The van der Waals surface area contributed by atoms with Gasteiger partial charge in [-0.1, -0.05) is 93.4 Å². The summed E-state index contributed by atoms with van der Waals surface area (Å²) in [7, 11) is 1.02. The van der Waals surface area contributed by atoms with E-state index in [4.69, 9.17) is 0 Å². The van der Waals surface area contributed by atoms with Gasteiger partial charge in [0.25, 0.3) is 0 Å². The summed E-state index contributed by atoms with van der Waals surface area (Å²) in [5.41, 5.74) is 22.5. The van der Waals surface area contributed by atoms with Crippen molar-refractivity contribution in [2.45, 2.75) is 0 Å². The summed E-state index contributed by atoms with van der Waals surface area (Å²) < 4.78 is 5.33. The predicted octanol–water partition coefficient (Wildman–Crippen LogP) is 7.90. The molecule has 9 aromatic rings. The zero-order valence-electron chi connectivity index (χ0n) is 27.9. The number of fused-ring (bicyclic) bond motifs is 5. The first kappa shape index (κ1) is 26.6. The fraction of sp³-hybridized carbons (Fsp3) is 0. The lowest BCUT2D eigenvalue weighted by Gasteiger charge is -2.48. The summed E-state index contributed by atoms with van der Waals surface area (Å²) in [6.45, 7) is 0.113. The van der Waals surface area contributed by atoms with Crippen molar-refractivity contribution in [1.29, 1.82) is 0 Å². The van der Waals surface area contributed by atoms with Crippen LogP contribution in [0, 0.1) is 0 Å². The van der Waals surface area contributed by atoms with Crippen LogP contribution >= 0.6 is 8.20 Å². The van der Waals surface area contributed by atoms with Crippen LogP contribution in [-0.4, -0.2) is 29.0 Å². The minimum Gasteiger partial charge on any atom is -0.382 e. The monoisotopic (exact) mass is 674 g/mol. The Morgan fingerprint density at radius 2 is 1.23 bits per heavy atom. The standard InChI is InChI=1S/C45H25B2N4P/c1-52-28-18-19-33-35(23-28)50(27-12-6-3-7-13-27)36-24-37-42-38-39-43-25(20-21-48(43)46(33)41(36)38)22-32-31-16-8-15-30-29-14-9-17-34(49(37)26-10-4-2-5-11-26)40(29)47(42)51(44(30)31)45(32)39/h2-24H,1H2. The second-order valence-corrected chi connectivity index (χ2v) is 15.6. The van der Waals surface area contributed by atoms with E-state index in [-0.39, 0.29) is 13.7 Å². The van der Waals surface area contributed by atoms with Crippen LogP contribution in [0.2, 0.25) is 0 Å². The molecule has 0 atom stereocenters. The molecule has 0 bridgehead atoms. The Hall–Kier alpha value is -6.22. The Kier molecular flexibility index (Phi) is 4.49. The van der Waals surface area contributed by atoms with Gasteiger partial charge in [0.2, 0.25) is 0 Å². The Morgan fingerprint density at radius 1 is 0.500 bits per heavy atom. The average molecular weight is 674 g/mol. The number of aromatic nitrogens is 2. The molecule has 0 N–H and O–H groups in total. The molecule has 236 valence electrons. The van der Waals surface area contributed by atoms with Crippen molar-refractivity contribution in [3.05, 3.63) is 140 Å². The van der Waals surface area contributed by atoms with Crippen LogP contribution in [0.3, 0.4) is 0 Å². The smallest absolute Gasteiger partial charge is 0.333 e. The van der Waals surface area contributed by atoms with Crippen LogP contribution in [0.1, 0.15) is 0 Å². The highest BCUT2D eigenvalue weighted by Gasteiger charge is 2.52. The molecular formula is C45H25B2N4P. The number of para-hydroxylation sites is 3. The van der Waals surface area contributed by atoms with E-state index in [1.54, 1.807) is 0 Å². The molecule has 0 unspecified atom stereocenters. The average Bonchev–Trinajstić information content (AvgIpc) is 3.78. The van der Waals surface area contributed by atoms with E-state index >= 15 is 0 Å². The number of nitrogens with zero attached hydrogens (tertiary/aromatic N) is 4. The first-order valence-electron chi connectivity index (χ1n) is 18.1. The van der Waals surface area contributed by atoms with Crippen LogP contribution in [0.5, 0.6) is 0 Å². The fourth-order valence-corrected chi connectivity index (χ4v) is 11.3. The van der Waals surface area contributed by atoms with E-state index in [1.807, 2.05) is 0 Å². The Labute approximate surface area is 301 Å². The largest absolute Gasteiger partial charge is 0.382 e. The summed E-state index contributed by atoms with van der Waals surface area (Å²) in [6.07, 6.45) is 6.63. The van der Waals surface area contributed by atoms with Crippen molar-refractivity contribution in [3.8, 4) is 22.3 Å². The third kappa shape index (κ3) is 2.78. The first-order chi connectivity index (χ1) is 25.8. The highest BCUT2D eigenvalue weighted by atomic mass is 31.1. The van der Waals surface area contributed by atoms with Crippen LogP contribution in [0.25, 0.3) is 55.0 Å². The summed E-state index contributed by atoms with van der Waals surface area (Å²) in [6, 6.07) is 50.3. The van der Waals surface area contributed by atoms with Crippen molar-refractivity contribution in [1.82, 2.24) is 8.96 Å². The van der Waals surface area contributed by atoms with Gasteiger partial charge in [-0.25, -0.2) is 0 Å². The zero-order chi connectivity index (χ0) is 33.6. The van der Waals surface area contributed by atoms with Gasteiger partial charge in [-0.3, -0.25) is 0 Å². The molecule has 4 nitrogen and oxygen atoms in total. The SMILES string of the molecule is C=Pc1ccc2c(c1)N(c1ccccc1)c1cc3c4c5c1B2n1ccc2cc6c7cccc8c7n(c6c-5c21)B4c1c-8cccc1N3c1ccccc1. The van der Waals surface area contributed by atoms with Gasteiger partial charge < -0.3 is 18.8 Å². The quantitative estimate of drug-likeness (QED) is 0.140. The molecule has 5 aliphatic rings. The maximum absolute atomic E-state index is 4.28. The molecule has 5 aliphatic heterocycles. The van der Waals surface area contributed by atoms with Gasteiger partial charge in [0.15, 0.2) is 0 Å². The van der Waals surface area contributed by atoms with Crippen molar-refractivity contribution < 1.29 is 0 Å². The van der Waals surface area contributed by atoms with E-state index in [2.05, 4.69) is 165 Å². The summed E-state index contributed by atoms with van der Waals surface area (Å²) >= 11 is 0. The molecule has 2 aromatic heterocycles. The van der Waals surface area contributed by atoms with Gasteiger partial charge in [0.05, 0.1) is 0 Å². The molecule has 7 aromatic carbocycles. The maximum atomic E-state index is 4.28. The predicted molar refractivity (Wildman–Crippen MR) is 223 cm³/mol. The van der Waals surface area contributed by atoms with E-state index in [9.17, 15) is 0 Å². The molecule has 0 saturated heterocycles. The van der Waals surface area contributed by atoms with Crippen LogP contribution in [0.4, 0.5) is 34.1 Å². The molecule has 14 rings (SSSR count). The van der Waals surface area contributed by atoms with Crippen molar-refractivity contribution in [2.24, 2.45) is 0 Å². The Morgan fingerprint density at radius 3 is 2.02 bits per heavy atom. The molecule has 7 heteroatoms. The Bertz CT molecular complexity index is 3180. The van der Waals surface area contributed by atoms with E-state index < -0.39 is 0 Å². The molecule has 0 fully saturated rings. The van der Waals surface area contributed by atoms with Gasteiger partial charge in [-0.15, -0.1) is 0 Å². The van der Waals surface area contributed by atoms with Gasteiger partial charge in [0, 0.05) is 77.9 Å². The molecule has 52 heavy (non-hydrogen) atoms. The molecule has 0 radical (unpaired) electrons. The maximum Gasteiger partial charge on any atom is 0.333 e. The molecule has 7 heterocycles. The molecule has 0 spiro atoms. The third-order valence-electron chi connectivity index (χ3n) is 12.6. The number of hydrogen-bond donors (Lipinski definition) is 0. The number of benzene rings is 7. The van der Waals surface area contributed by atoms with Crippen LogP contribution < -0.4 is 37.0 Å². The fourth-order valence-electron chi connectivity index (χ4n) is 10.9. The zero-order valence-corrected chi connectivity index (χ0v) is 28.8. The number of anilines is 6. The lowest BCUT2D eigenvalue weighted by atomic mass is 9.38. The van der Waals surface area contributed by atoms with Gasteiger partial charge >= 0.3 is 13.7 Å². The van der Waals surface area contributed by atoms with Gasteiger partial charge in [-0.2, -0.15) is 0 Å². The van der Waals surface area contributed by atoms with Crippen LogP contribution in [-0.2, 0) is 0 Å².